The summed E-state index contributed by atoms with van der Waals surface area (Å²) in [5.41, 5.74) is 1.57. The highest BCUT2D eigenvalue weighted by Gasteiger charge is 2.33. The summed E-state index contributed by atoms with van der Waals surface area (Å²) in [6, 6.07) is 17.7. The largest absolute Gasteiger partial charge is 0.497 e. The third-order valence-corrected chi connectivity index (χ3v) is 8.05. The Balaban J connectivity index is 2.08. The van der Waals surface area contributed by atoms with E-state index < -0.39 is 34.4 Å². The summed E-state index contributed by atoms with van der Waals surface area (Å²) in [6.45, 7) is -0.622. The summed E-state index contributed by atoms with van der Waals surface area (Å²) in [5.74, 6) is -0.381. The molecule has 0 saturated heterocycles. The van der Waals surface area contributed by atoms with Crippen LogP contribution in [0.3, 0.4) is 0 Å². The van der Waals surface area contributed by atoms with Crippen LogP contribution in [0.25, 0.3) is 0 Å². The van der Waals surface area contributed by atoms with Crippen molar-refractivity contribution in [1.82, 2.24) is 10.2 Å². The molecule has 0 heterocycles. The van der Waals surface area contributed by atoms with Crippen LogP contribution in [0.2, 0.25) is 10.0 Å². The molecule has 12 heteroatoms. The van der Waals surface area contributed by atoms with Gasteiger partial charge < -0.3 is 19.7 Å². The number of rotatable bonds is 12. The van der Waals surface area contributed by atoms with Gasteiger partial charge in [0.2, 0.25) is 21.8 Å². The number of nitrogens with one attached hydrogen (secondary N) is 1. The first kappa shape index (κ1) is 31.1. The number of carbonyl (C=O) groups excluding carboxylic acids is 2. The van der Waals surface area contributed by atoms with Crippen molar-refractivity contribution in [2.24, 2.45) is 0 Å². The normalized spacial score (nSPS) is 11.8. The fraction of sp³-hybridized carbons (Fsp3) is 0.286. The number of hydrogen-bond acceptors (Lipinski definition) is 6. The number of methoxy groups -OCH3 is 2. The van der Waals surface area contributed by atoms with Gasteiger partial charge in [-0.1, -0.05) is 59.6 Å². The second-order valence-corrected chi connectivity index (χ2v) is 11.6. The molecule has 0 aliphatic rings. The molecule has 1 N–H and O–H groups in total. The van der Waals surface area contributed by atoms with Gasteiger partial charge in [-0.2, -0.15) is 0 Å². The van der Waals surface area contributed by atoms with Crippen molar-refractivity contribution in [2.45, 2.75) is 19.0 Å². The lowest BCUT2D eigenvalue weighted by molar-refractivity contribution is -0.139. The van der Waals surface area contributed by atoms with E-state index in [-0.39, 0.29) is 29.4 Å². The first-order chi connectivity index (χ1) is 19.0. The number of halogens is 2. The Kier molecular flexibility index (Phi) is 10.7. The zero-order chi connectivity index (χ0) is 29.4. The second-order valence-electron chi connectivity index (χ2n) is 8.90. The molecule has 3 aromatic carbocycles. The number of hydrogen-bond donors (Lipinski definition) is 1. The number of nitrogens with zero attached hydrogens (tertiary/aromatic N) is 2. The number of carbonyl (C=O) groups is 2. The van der Waals surface area contributed by atoms with Crippen molar-refractivity contribution in [2.75, 3.05) is 38.4 Å². The maximum absolute atomic E-state index is 14.0. The molecule has 2 amide bonds. The number of likely N-dealkylation sites (N-methyl/N-ethyl adjacent to an activating group) is 1. The number of amides is 2. The third-order valence-electron chi connectivity index (χ3n) is 6.19. The second kappa shape index (κ2) is 13.7. The van der Waals surface area contributed by atoms with Gasteiger partial charge in [-0.25, -0.2) is 8.42 Å². The molecular formula is C28H31Cl2N3O6S. The average Bonchev–Trinajstić information content (AvgIpc) is 2.94. The summed E-state index contributed by atoms with van der Waals surface area (Å²) >= 11 is 12.3. The molecular weight excluding hydrogens is 577 g/mol. The topological polar surface area (TPSA) is 105 Å². The van der Waals surface area contributed by atoms with Gasteiger partial charge in [0.25, 0.3) is 0 Å². The first-order valence-electron chi connectivity index (χ1n) is 12.2. The molecule has 0 radical (unpaired) electrons. The maximum Gasteiger partial charge on any atom is 0.244 e. The van der Waals surface area contributed by atoms with Gasteiger partial charge in [0.05, 0.1) is 36.2 Å². The van der Waals surface area contributed by atoms with Crippen molar-refractivity contribution in [3.8, 4) is 11.5 Å². The first-order valence-corrected chi connectivity index (χ1v) is 14.8. The van der Waals surface area contributed by atoms with Crippen LogP contribution in [-0.4, -0.2) is 65.2 Å². The van der Waals surface area contributed by atoms with E-state index in [9.17, 15) is 18.0 Å². The van der Waals surface area contributed by atoms with Gasteiger partial charge in [0.1, 0.15) is 24.1 Å². The number of ether oxygens (including phenoxy) is 2. The van der Waals surface area contributed by atoms with Crippen LogP contribution in [0.1, 0.15) is 11.1 Å². The Bertz CT molecular complexity index is 1450. The fourth-order valence-corrected chi connectivity index (χ4v) is 5.31. The van der Waals surface area contributed by atoms with E-state index in [1.54, 1.807) is 24.3 Å². The van der Waals surface area contributed by atoms with Crippen LogP contribution in [0.5, 0.6) is 11.5 Å². The molecule has 1 atom stereocenters. The molecule has 0 saturated carbocycles. The van der Waals surface area contributed by atoms with E-state index in [1.165, 1.54) is 38.3 Å². The minimum Gasteiger partial charge on any atom is -0.497 e. The molecule has 0 bridgehead atoms. The predicted octanol–water partition coefficient (Wildman–Crippen LogP) is 4.16. The van der Waals surface area contributed by atoms with Gasteiger partial charge in [-0.05, 0) is 35.4 Å². The molecule has 0 spiro atoms. The van der Waals surface area contributed by atoms with E-state index in [2.05, 4.69) is 5.32 Å². The van der Waals surface area contributed by atoms with E-state index >= 15 is 0 Å². The van der Waals surface area contributed by atoms with Gasteiger partial charge >= 0.3 is 0 Å². The minimum absolute atomic E-state index is 0.0298. The molecule has 0 aliphatic carbocycles. The summed E-state index contributed by atoms with van der Waals surface area (Å²) in [7, 11) is 0.370. The van der Waals surface area contributed by atoms with Crippen LogP contribution < -0.4 is 19.1 Å². The van der Waals surface area contributed by atoms with Crippen LogP contribution in [0, 0.1) is 0 Å². The third kappa shape index (κ3) is 7.80. The predicted molar refractivity (Wildman–Crippen MR) is 157 cm³/mol. The van der Waals surface area contributed by atoms with Crippen LogP contribution >= 0.6 is 23.2 Å². The number of sulfonamides is 1. The SMILES string of the molecule is CNC(=O)C(Cc1ccccc1)N(Cc1ccc(Cl)c(Cl)c1)C(=O)CN(c1ccc(OC)cc1OC)S(C)(=O)=O. The van der Waals surface area contributed by atoms with Crippen LogP contribution in [0.4, 0.5) is 5.69 Å². The highest BCUT2D eigenvalue weighted by atomic mass is 35.5. The standard InChI is InChI=1S/C28H31Cl2N3O6S/c1-31-28(35)25(15-19-8-6-5-7-9-19)32(17-20-10-12-22(29)23(30)14-20)27(34)18-33(40(4,36)37)24-13-11-21(38-2)16-26(24)39-3/h5-14,16,25H,15,17-18H2,1-4H3,(H,31,35). The molecule has 40 heavy (non-hydrogen) atoms. The quantitative estimate of drug-likeness (QED) is 0.331. The summed E-state index contributed by atoms with van der Waals surface area (Å²) in [5, 5.41) is 3.25. The Hall–Kier alpha value is -3.47. The van der Waals surface area contributed by atoms with Crippen LogP contribution in [0.15, 0.2) is 66.7 Å². The molecule has 1 unspecified atom stereocenters. The summed E-state index contributed by atoms with van der Waals surface area (Å²) < 4.78 is 37.5. The van der Waals surface area contributed by atoms with Crippen LogP contribution in [-0.2, 0) is 32.6 Å². The van der Waals surface area contributed by atoms with Gasteiger partial charge in [-0.15, -0.1) is 0 Å². The van der Waals surface area contributed by atoms with Crippen molar-refractivity contribution in [1.29, 1.82) is 0 Å². The number of anilines is 1. The lowest BCUT2D eigenvalue weighted by Crippen LogP contribution is -2.52. The molecule has 3 rings (SSSR count). The molecule has 0 aromatic heterocycles. The lowest BCUT2D eigenvalue weighted by Gasteiger charge is -2.33. The maximum atomic E-state index is 14.0. The molecule has 0 aliphatic heterocycles. The molecule has 3 aromatic rings. The number of benzene rings is 3. The summed E-state index contributed by atoms with van der Waals surface area (Å²) in [4.78, 5) is 28.5. The Morgan fingerprint density at radius 2 is 1.62 bits per heavy atom. The monoisotopic (exact) mass is 607 g/mol. The van der Waals surface area contributed by atoms with E-state index in [0.717, 1.165) is 16.1 Å². The lowest BCUT2D eigenvalue weighted by atomic mass is 10.0. The zero-order valence-electron chi connectivity index (χ0n) is 22.6. The van der Waals surface area contributed by atoms with Crippen molar-refractivity contribution in [3.63, 3.8) is 0 Å². The minimum atomic E-state index is -3.97. The van der Waals surface area contributed by atoms with Gasteiger partial charge in [-0.3, -0.25) is 13.9 Å². The molecule has 9 nitrogen and oxygen atoms in total. The van der Waals surface area contributed by atoms with Crippen molar-refractivity contribution < 1.29 is 27.5 Å². The van der Waals surface area contributed by atoms with Gasteiger partial charge in [0.15, 0.2) is 0 Å². The highest BCUT2D eigenvalue weighted by molar-refractivity contribution is 7.92. The highest BCUT2D eigenvalue weighted by Crippen LogP contribution is 2.34. The Morgan fingerprint density at radius 3 is 2.20 bits per heavy atom. The smallest absolute Gasteiger partial charge is 0.244 e. The molecule has 0 fully saturated rings. The van der Waals surface area contributed by atoms with E-state index in [0.29, 0.717) is 16.3 Å². The van der Waals surface area contributed by atoms with Crippen molar-refractivity contribution in [3.05, 3.63) is 87.9 Å². The molecule has 214 valence electrons. The zero-order valence-corrected chi connectivity index (χ0v) is 24.9. The van der Waals surface area contributed by atoms with E-state index in [1.807, 2.05) is 30.3 Å². The van der Waals surface area contributed by atoms with Gasteiger partial charge in [0, 0.05) is 26.1 Å². The van der Waals surface area contributed by atoms with Crippen molar-refractivity contribution >= 4 is 50.7 Å². The fourth-order valence-electron chi connectivity index (χ4n) is 4.14. The Labute approximate surface area is 244 Å². The summed E-state index contributed by atoms with van der Waals surface area (Å²) in [6.07, 6.45) is 1.19. The average molecular weight is 609 g/mol. The Morgan fingerprint density at radius 1 is 0.925 bits per heavy atom. The van der Waals surface area contributed by atoms with E-state index in [4.69, 9.17) is 32.7 Å².